The highest BCUT2D eigenvalue weighted by atomic mass is 14.7. The lowest BCUT2D eigenvalue weighted by Gasteiger charge is -1.82. The van der Waals surface area contributed by atoms with Gasteiger partial charge in [-0.15, -0.1) is 6.42 Å². The highest BCUT2D eigenvalue weighted by Crippen LogP contribution is 1.90. The van der Waals surface area contributed by atoms with Crippen molar-refractivity contribution < 1.29 is 0 Å². The molecule has 1 heteroatoms. The van der Waals surface area contributed by atoms with Crippen LogP contribution in [0.3, 0.4) is 0 Å². The summed E-state index contributed by atoms with van der Waals surface area (Å²) in [6, 6.07) is 0. The van der Waals surface area contributed by atoms with Gasteiger partial charge in [0, 0.05) is 6.21 Å². The van der Waals surface area contributed by atoms with Gasteiger partial charge in [0.2, 0.25) is 0 Å². The van der Waals surface area contributed by atoms with Crippen LogP contribution in [0.4, 0.5) is 0 Å². The van der Waals surface area contributed by atoms with Gasteiger partial charge in [0.05, 0.1) is 0 Å². The second-order valence-corrected chi connectivity index (χ2v) is 1.33. The molecule has 0 saturated heterocycles. The predicted molar refractivity (Wildman–Crippen MR) is 41.3 cm³/mol. The summed E-state index contributed by atoms with van der Waals surface area (Å²) >= 11 is 0. The normalized spacial score (nSPS) is 11.3. The summed E-state index contributed by atoms with van der Waals surface area (Å²) in [7, 11) is 0. The third-order valence-corrected chi connectivity index (χ3v) is 0.740. The minimum atomic E-state index is 0.634. The molecule has 0 bridgehead atoms. The van der Waals surface area contributed by atoms with Crippen LogP contribution in [-0.4, -0.2) is 6.21 Å². The Hall–Kier alpha value is -1.29. The summed E-state index contributed by atoms with van der Waals surface area (Å²) in [6.07, 6.45) is 9.97. The highest BCUT2D eigenvalue weighted by Gasteiger charge is 1.77. The van der Waals surface area contributed by atoms with Crippen molar-refractivity contribution in [3.05, 3.63) is 24.4 Å². The van der Waals surface area contributed by atoms with E-state index in [0.717, 1.165) is 0 Å². The van der Waals surface area contributed by atoms with Crippen molar-refractivity contribution >= 4 is 6.21 Å². The summed E-state index contributed by atoms with van der Waals surface area (Å²) in [5.74, 6) is 2.40. The monoisotopic (exact) mass is 119 g/mol. The second-order valence-electron chi connectivity index (χ2n) is 1.33. The van der Waals surface area contributed by atoms with E-state index in [1.54, 1.807) is 18.4 Å². The van der Waals surface area contributed by atoms with Crippen LogP contribution in [-0.2, 0) is 0 Å². The zero-order valence-corrected chi connectivity index (χ0v) is 5.46. The van der Waals surface area contributed by atoms with Crippen LogP contribution in [0, 0.1) is 12.3 Å². The summed E-state index contributed by atoms with van der Waals surface area (Å²) in [5.41, 5.74) is 0.634. The Kier molecular flexibility index (Phi) is 4.16. The van der Waals surface area contributed by atoms with Gasteiger partial charge in [0.15, 0.2) is 0 Å². The topological polar surface area (TPSA) is 12.4 Å². The molecule has 0 aromatic carbocycles. The van der Waals surface area contributed by atoms with Crippen LogP contribution >= 0.6 is 0 Å². The lowest BCUT2D eigenvalue weighted by atomic mass is 10.4. The van der Waals surface area contributed by atoms with Crippen LogP contribution in [0.1, 0.15) is 6.92 Å². The van der Waals surface area contributed by atoms with Gasteiger partial charge >= 0.3 is 0 Å². The highest BCUT2D eigenvalue weighted by molar-refractivity contribution is 5.71. The largest absolute Gasteiger partial charge is 0.248 e. The van der Waals surface area contributed by atoms with E-state index in [0.29, 0.717) is 5.70 Å². The fraction of sp³-hybridized carbons (Fsp3) is 0.125. The Morgan fingerprint density at radius 3 is 2.78 bits per heavy atom. The van der Waals surface area contributed by atoms with Crippen LogP contribution in [0.15, 0.2) is 29.4 Å². The van der Waals surface area contributed by atoms with Crippen molar-refractivity contribution in [1.29, 1.82) is 0 Å². The SMILES string of the molecule is C#C/C(=C/C)N=CC=C. The number of rotatable bonds is 2. The number of allylic oxidation sites excluding steroid dienone is 3. The van der Waals surface area contributed by atoms with E-state index < -0.39 is 0 Å². The maximum atomic E-state index is 5.06. The number of terminal acetylenes is 1. The summed E-state index contributed by atoms with van der Waals surface area (Å²) in [6.45, 7) is 5.30. The Morgan fingerprint density at radius 2 is 2.44 bits per heavy atom. The first-order valence-electron chi connectivity index (χ1n) is 2.63. The van der Waals surface area contributed by atoms with Crippen LogP contribution in [0.2, 0.25) is 0 Å². The van der Waals surface area contributed by atoms with Gasteiger partial charge in [-0.25, -0.2) is 4.99 Å². The minimum absolute atomic E-state index is 0.634. The Bertz CT molecular complexity index is 179. The molecule has 0 N–H and O–H groups in total. The van der Waals surface area contributed by atoms with Gasteiger partial charge in [-0.3, -0.25) is 0 Å². The average molecular weight is 119 g/mol. The summed E-state index contributed by atoms with van der Waals surface area (Å²) in [5, 5.41) is 0. The van der Waals surface area contributed by atoms with E-state index >= 15 is 0 Å². The summed E-state index contributed by atoms with van der Waals surface area (Å²) < 4.78 is 0. The fourth-order valence-electron chi connectivity index (χ4n) is 0.328. The molecule has 0 aliphatic rings. The molecule has 0 unspecified atom stereocenters. The first-order valence-corrected chi connectivity index (χ1v) is 2.63. The molecule has 0 aliphatic heterocycles. The van der Waals surface area contributed by atoms with Crippen molar-refractivity contribution in [2.24, 2.45) is 4.99 Å². The van der Waals surface area contributed by atoms with Crippen molar-refractivity contribution in [2.75, 3.05) is 0 Å². The van der Waals surface area contributed by atoms with E-state index in [1.165, 1.54) is 0 Å². The van der Waals surface area contributed by atoms with Gasteiger partial charge in [-0.2, -0.15) is 0 Å². The first-order chi connectivity index (χ1) is 4.35. The molecule has 0 spiro atoms. The first kappa shape index (κ1) is 7.71. The van der Waals surface area contributed by atoms with Crippen LogP contribution < -0.4 is 0 Å². The smallest absolute Gasteiger partial charge is 0.108 e. The van der Waals surface area contributed by atoms with Gasteiger partial charge < -0.3 is 0 Å². The van der Waals surface area contributed by atoms with Gasteiger partial charge in [-0.05, 0) is 6.92 Å². The third-order valence-electron chi connectivity index (χ3n) is 0.740. The molecule has 1 nitrogen and oxygen atoms in total. The van der Waals surface area contributed by atoms with Gasteiger partial charge in [0.1, 0.15) is 5.70 Å². The van der Waals surface area contributed by atoms with Crippen molar-refractivity contribution in [3.63, 3.8) is 0 Å². The van der Waals surface area contributed by atoms with Crippen molar-refractivity contribution in [1.82, 2.24) is 0 Å². The summed E-state index contributed by atoms with van der Waals surface area (Å²) in [4.78, 5) is 3.86. The molecule has 46 valence electrons. The van der Waals surface area contributed by atoms with E-state index in [1.807, 2.05) is 6.92 Å². The molecule has 0 aromatic heterocycles. The molecule has 0 radical (unpaired) electrons. The molecule has 0 atom stereocenters. The van der Waals surface area contributed by atoms with Crippen LogP contribution in [0.25, 0.3) is 0 Å². The Labute approximate surface area is 55.8 Å². The van der Waals surface area contributed by atoms with Crippen molar-refractivity contribution in [3.8, 4) is 12.3 Å². The quantitative estimate of drug-likeness (QED) is 0.388. The number of aliphatic imine (C=N–C) groups is 1. The van der Waals surface area contributed by atoms with Gasteiger partial charge in [-0.1, -0.05) is 24.7 Å². The average Bonchev–Trinajstić information content (AvgIpc) is 1.91. The zero-order valence-electron chi connectivity index (χ0n) is 5.46. The van der Waals surface area contributed by atoms with E-state index in [-0.39, 0.29) is 0 Å². The maximum Gasteiger partial charge on any atom is 0.108 e. The molecule has 0 amide bonds. The lowest BCUT2D eigenvalue weighted by Crippen LogP contribution is -1.70. The van der Waals surface area contributed by atoms with Crippen LogP contribution in [0.5, 0.6) is 0 Å². The molecule has 0 fully saturated rings. The molecule has 0 heterocycles. The molecular formula is C8H9N. The Morgan fingerprint density at radius 1 is 1.78 bits per heavy atom. The maximum absolute atomic E-state index is 5.06. The van der Waals surface area contributed by atoms with Gasteiger partial charge in [0.25, 0.3) is 0 Å². The molecule has 0 rings (SSSR count). The molecule has 0 aliphatic carbocycles. The Balaban J connectivity index is 4.05. The fourth-order valence-corrected chi connectivity index (χ4v) is 0.328. The lowest BCUT2D eigenvalue weighted by molar-refractivity contribution is 1.44. The second kappa shape index (κ2) is 4.86. The standard InChI is InChI=1S/C8H9N/c1-4-7-9-8(5-2)6-3/h2,4,6-7H,1H2,3H3/b8-6-,9-7?. The molecule has 9 heavy (non-hydrogen) atoms. The zero-order chi connectivity index (χ0) is 7.11. The van der Waals surface area contributed by atoms with E-state index in [9.17, 15) is 0 Å². The van der Waals surface area contributed by atoms with Crippen molar-refractivity contribution in [2.45, 2.75) is 6.92 Å². The van der Waals surface area contributed by atoms with E-state index in [2.05, 4.69) is 17.5 Å². The minimum Gasteiger partial charge on any atom is -0.248 e. The predicted octanol–water partition coefficient (Wildman–Crippen LogP) is 1.78. The molecule has 0 saturated carbocycles. The number of nitrogens with zero attached hydrogens (tertiary/aromatic N) is 1. The number of hydrogen-bond acceptors (Lipinski definition) is 1. The van der Waals surface area contributed by atoms with E-state index in [4.69, 9.17) is 6.42 Å². The molecule has 0 aromatic rings. The number of hydrogen-bond donors (Lipinski definition) is 0. The molecular weight excluding hydrogens is 110 g/mol. The third kappa shape index (κ3) is 3.31.